The number of benzene rings is 1. The highest BCUT2D eigenvalue weighted by molar-refractivity contribution is 5.90. The summed E-state index contributed by atoms with van der Waals surface area (Å²) in [4.78, 5) is 0. The van der Waals surface area contributed by atoms with Gasteiger partial charge in [-0.25, -0.2) is 4.68 Å². The molecule has 0 saturated carbocycles. The lowest BCUT2D eigenvalue weighted by atomic mass is 10.2. The van der Waals surface area contributed by atoms with E-state index in [1.807, 2.05) is 6.07 Å². The lowest BCUT2D eigenvalue weighted by Gasteiger charge is -2.15. The Kier molecular flexibility index (Phi) is 1.33. The van der Waals surface area contributed by atoms with E-state index in [1.165, 1.54) is 17.6 Å². The molecule has 3 rings (SSSR count). The van der Waals surface area contributed by atoms with Crippen molar-refractivity contribution in [1.82, 2.24) is 9.78 Å². The number of rotatable bonds is 0. The molecule has 0 atom stereocenters. The molecule has 0 amide bonds. The lowest BCUT2D eigenvalue weighted by molar-refractivity contribution is 0.573. The van der Waals surface area contributed by atoms with Gasteiger partial charge in [-0.3, -0.25) is 0 Å². The van der Waals surface area contributed by atoms with E-state index in [0.29, 0.717) is 0 Å². The number of anilines is 1. The molecule has 1 N–H and O–H groups in total. The predicted molar refractivity (Wildman–Crippen MR) is 52.8 cm³/mol. The number of nitrogens with zero attached hydrogens (tertiary/aromatic N) is 2. The quantitative estimate of drug-likeness (QED) is 0.659. The minimum atomic E-state index is 1.04. The normalized spacial score (nSPS) is 15.4. The van der Waals surface area contributed by atoms with Crippen LogP contribution >= 0.6 is 0 Å². The Morgan fingerprint density at radius 1 is 1.31 bits per heavy atom. The van der Waals surface area contributed by atoms with Crippen LogP contribution in [0.4, 0.5) is 5.82 Å². The van der Waals surface area contributed by atoms with Gasteiger partial charge in [0.1, 0.15) is 5.82 Å². The largest absolute Gasteiger partial charge is 0.370 e. The molecular weight excluding hydrogens is 162 g/mol. The summed E-state index contributed by atoms with van der Waals surface area (Å²) in [6.45, 7) is 2.10. The molecule has 2 aromatic rings. The zero-order valence-corrected chi connectivity index (χ0v) is 7.33. The number of aryl methyl sites for hydroxylation is 1. The van der Waals surface area contributed by atoms with E-state index in [1.54, 1.807) is 0 Å². The van der Waals surface area contributed by atoms with E-state index in [0.717, 1.165) is 18.6 Å². The molecule has 1 aliphatic rings. The molecule has 0 saturated heterocycles. The zero-order valence-electron chi connectivity index (χ0n) is 7.33. The minimum Gasteiger partial charge on any atom is -0.370 e. The first-order valence-electron chi connectivity index (χ1n) is 4.64. The molecule has 1 aromatic carbocycles. The van der Waals surface area contributed by atoms with Gasteiger partial charge in [0, 0.05) is 18.5 Å². The van der Waals surface area contributed by atoms with Gasteiger partial charge >= 0.3 is 0 Å². The molecule has 13 heavy (non-hydrogen) atoms. The molecule has 0 unspecified atom stereocenters. The van der Waals surface area contributed by atoms with Gasteiger partial charge in [0.2, 0.25) is 0 Å². The number of nitrogens with one attached hydrogen (secondary N) is 1. The Bertz CT molecular complexity index is 444. The summed E-state index contributed by atoms with van der Waals surface area (Å²) in [5.41, 5.74) is 1.09. The third-order valence-corrected chi connectivity index (χ3v) is 2.48. The fourth-order valence-corrected chi connectivity index (χ4v) is 1.86. The summed E-state index contributed by atoms with van der Waals surface area (Å²) >= 11 is 0. The molecule has 1 aromatic heterocycles. The van der Waals surface area contributed by atoms with Crippen molar-refractivity contribution < 1.29 is 0 Å². The number of aromatic nitrogens is 2. The van der Waals surface area contributed by atoms with Crippen LogP contribution < -0.4 is 5.32 Å². The highest BCUT2D eigenvalue weighted by Crippen LogP contribution is 2.25. The van der Waals surface area contributed by atoms with Gasteiger partial charge in [-0.2, -0.15) is 5.10 Å². The first-order valence-corrected chi connectivity index (χ1v) is 4.64. The SMILES string of the molecule is c1ccc2c3n(nc2c1)CCCN3. The van der Waals surface area contributed by atoms with Crippen molar-refractivity contribution >= 4 is 16.7 Å². The van der Waals surface area contributed by atoms with Crippen LogP contribution in [0.2, 0.25) is 0 Å². The molecule has 0 fully saturated rings. The predicted octanol–water partition coefficient (Wildman–Crippen LogP) is 1.85. The van der Waals surface area contributed by atoms with Crippen LogP contribution in [0.3, 0.4) is 0 Å². The Morgan fingerprint density at radius 2 is 2.23 bits per heavy atom. The summed E-state index contributed by atoms with van der Waals surface area (Å²) in [6.07, 6.45) is 1.17. The minimum absolute atomic E-state index is 1.04. The van der Waals surface area contributed by atoms with Crippen LogP contribution in [0.5, 0.6) is 0 Å². The standard InChI is InChI=1S/C10H11N3/c1-2-5-9-8(4-1)10-11-6-3-7-13(10)12-9/h1-2,4-5,11H,3,6-7H2. The Balaban J connectivity index is 2.34. The Labute approximate surface area is 76.4 Å². The summed E-state index contributed by atoms with van der Waals surface area (Å²) in [7, 11) is 0. The molecule has 3 nitrogen and oxygen atoms in total. The monoisotopic (exact) mass is 173 g/mol. The maximum Gasteiger partial charge on any atom is 0.132 e. The van der Waals surface area contributed by atoms with Gasteiger partial charge in [0.25, 0.3) is 0 Å². The summed E-state index contributed by atoms with van der Waals surface area (Å²) in [5, 5.41) is 9.13. The van der Waals surface area contributed by atoms with Crippen LogP contribution in [0.1, 0.15) is 6.42 Å². The van der Waals surface area contributed by atoms with Gasteiger partial charge in [0.05, 0.1) is 5.52 Å². The van der Waals surface area contributed by atoms with Gasteiger partial charge in [-0.1, -0.05) is 12.1 Å². The molecule has 2 heterocycles. The Hall–Kier alpha value is -1.51. The van der Waals surface area contributed by atoms with E-state index in [4.69, 9.17) is 0 Å². The van der Waals surface area contributed by atoms with Crippen molar-refractivity contribution in [2.75, 3.05) is 11.9 Å². The molecule has 66 valence electrons. The molecule has 0 radical (unpaired) electrons. The van der Waals surface area contributed by atoms with Gasteiger partial charge in [-0.15, -0.1) is 0 Å². The lowest BCUT2D eigenvalue weighted by Crippen LogP contribution is -2.17. The number of fused-ring (bicyclic) bond motifs is 3. The van der Waals surface area contributed by atoms with Crippen LogP contribution in [0, 0.1) is 0 Å². The molecule has 1 aliphatic heterocycles. The first-order chi connectivity index (χ1) is 6.45. The summed E-state index contributed by atoms with van der Waals surface area (Å²) < 4.78 is 2.06. The highest BCUT2D eigenvalue weighted by Gasteiger charge is 2.12. The Morgan fingerprint density at radius 3 is 3.23 bits per heavy atom. The van der Waals surface area contributed by atoms with Crippen LogP contribution in [-0.4, -0.2) is 16.3 Å². The fourth-order valence-electron chi connectivity index (χ4n) is 1.86. The molecule has 3 heteroatoms. The van der Waals surface area contributed by atoms with Crippen molar-refractivity contribution in [1.29, 1.82) is 0 Å². The smallest absolute Gasteiger partial charge is 0.132 e. The average Bonchev–Trinajstić information content (AvgIpc) is 2.56. The van der Waals surface area contributed by atoms with E-state index < -0.39 is 0 Å². The zero-order chi connectivity index (χ0) is 8.67. The van der Waals surface area contributed by atoms with E-state index in [2.05, 4.69) is 33.3 Å². The van der Waals surface area contributed by atoms with E-state index >= 15 is 0 Å². The molecule has 0 aliphatic carbocycles. The number of hydrogen-bond donors (Lipinski definition) is 1. The van der Waals surface area contributed by atoms with Crippen molar-refractivity contribution in [2.45, 2.75) is 13.0 Å². The van der Waals surface area contributed by atoms with Gasteiger partial charge in [0.15, 0.2) is 0 Å². The van der Waals surface area contributed by atoms with E-state index in [9.17, 15) is 0 Å². The second kappa shape index (κ2) is 2.49. The van der Waals surface area contributed by atoms with Crippen LogP contribution in [0.25, 0.3) is 10.9 Å². The van der Waals surface area contributed by atoms with Crippen molar-refractivity contribution in [2.24, 2.45) is 0 Å². The second-order valence-corrected chi connectivity index (χ2v) is 3.37. The van der Waals surface area contributed by atoms with Crippen molar-refractivity contribution in [3.8, 4) is 0 Å². The second-order valence-electron chi connectivity index (χ2n) is 3.37. The highest BCUT2D eigenvalue weighted by atomic mass is 15.3. The van der Waals surface area contributed by atoms with E-state index in [-0.39, 0.29) is 0 Å². The molecular formula is C10H11N3. The maximum absolute atomic E-state index is 4.51. The number of hydrogen-bond acceptors (Lipinski definition) is 2. The van der Waals surface area contributed by atoms with Gasteiger partial charge in [-0.05, 0) is 18.6 Å². The maximum atomic E-state index is 4.51. The first kappa shape index (κ1) is 6.95. The fraction of sp³-hybridized carbons (Fsp3) is 0.300. The van der Waals surface area contributed by atoms with Crippen LogP contribution in [-0.2, 0) is 6.54 Å². The average molecular weight is 173 g/mol. The van der Waals surface area contributed by atoms with Gasteiger partial charge < -0.3 is 5.32 Å². The topological polar surface area (TPSA) is 29.9 Å². The third-order valence-electron chi connectivity index (χ3n) is 2.48. The summed E-state index contributed by atoms with van der Waals surface area (Å²) in [6, 6.07) is 8.26. The van der Waals surface area contributed by atoms with Crippen molar-refractivity contribution in [3.05, 3.63) is 24.3 Å². The molecule has 0 spiro atoms. The summed E-state index contributed by atoms with van der Waals surface area (Å²) in [5.74, 6) is 1.18. The van der Waals surface area contributed by atoms with Crippen molar-refractivity contribution in [3.63, 3.8) is 0 Å². The third kappa shape index (κ3) is 0.932. The van der Waals surface area contributed by atoms with Crippen LogP contribution in [0.15, 0.2) is 24.3 Å². The molecule has 0 bridgehead atoms.